The lowest BCUT2D eigenvalue weighted by Crippen LogP contribution is -2.60. The van der Waals surface area contributed by atoms with E-state index in [0.29, 0.717) is 13.1 Å². The van der Waals surface area contributed by atoms with Gasteiger partial charge in [0.25, 0.3) is 0 Å². The summed E-state index contributed by atoms with van der Waals surface area (Å²) in [7, 11) is 1.97. The topological polar surface area (TPSA) is 52.6 Å². The number of nitrogens with zero attached hydrogens (tertiary/aromatic N) is 1. The molecule has 0 heterocycles. The molecule has 0 spiro atoms. The number of aliphatic carboxylic acids is 1. The zero-order chi connectivity index (χ0) is 14.8. The first-order valence-corrected chi connectivity index (χ1v) is 7.26. The second-order valence-electron chi connectivity index (χ2n) is 5.72. The van der Waals surface area contributed by atoms with E-state index < -0.39 is 11.5 Å². The molecule has 0 bridgehead atoms. The molecule has 4 heteroatoms. The molecular formula is C16H24N2O2. The van der Waals surface area contributed by atoms with Gasteiger partial charge in [-0.05, 0) is 43.9 Å². The third kappa shape index (κ3) is 2.80. The Bertz CT molecular complexity index is 485. The van der Waals surface area contributed by atoms with E-state index in [9.17, 15) is 9.90 Å². The molecular weight excluding hydrogens is 252 g/mol. The van der Waals surface area contributed by atoms with Crippen LogP contribution >= 0.6 is 0 Å². The van der Waals surface area contributed by atoms with Crippen LogP contribution in [0.2, 0.25) is 0 Å². The van der Waals surface area contributed by atoms with Crippen molar-refractivity contribution >= 4 is 11.7 Å². The van der Waals surface area contributed by atoms with Crippen LogP contribution in [-0.2, 0) is 4.79 Å². The normalized spacial score (nSPS) is 17.6. The number of carboxylic acid groups (broad SMARTS) is 1. The van der Waals surface area contributed by atoms with Gasteiger partial charge in [-0.25, -0.2) is 0 Å². The van der Waals surface area contributed by atoms with Crippen LogP contribution in [0.4, 0.5) is 5.69 Å². The molecule has 1 saturated carbocycles. The molecule has 0 amide bonds. The standard InChI is InChI=1S/C16H24N2O2/c1-4-17-16(15(19)20,13-9-10-13)11-18(3)14-8-6-5-7-12(14)2/h5-8,13,17H,4,9-11H2,1-3H3,(H,19,20). The second kappa shape index (κ2) is 5.83. The molecule has 1 fully saturated rings. The summed E-state index contributed by atoms with van der Waals surface area (Å²) >= 11 is 0. The van der Waals surface area contributed by atoms with Crippen molar-refractivity contribution in [1.82, 2.24) is 5.32 Å². The number of hydrogen-bond donors (Lipinski definition) is 2. The Labute approximate surface area is 120 Å². The van der Waals surface area contributed by atoms with Gasteiger partial charge in [-0.2, -0.15) is 0 Å². The molecule has 1 unspecified atom stereocenters. The quantitative estimate of drug-likeness (QED) is 0.802. The van der Waals surface area contributed by atoms with Gasteiger partial charge in [-0.15, -0.1) is 0 Å². The van der Waals surface area contributed by atoms with Gasteiger partial charge in [0.15, 0.2) is 0 Å². The number of likely N-dealkylation sites (N-methyl/N-ethyl adjacent to an activating group) is 2. The van der Waals surface area contributed by atoms with Crippen LogP contribution in [0.1, 0.15) is 25.3 Å². The summed E-state index contributed by atoms with van der Waals surface area (Å²) in [6.07, 6.45) is 2.00. The molecule has 1 aliphatic rings. The number of carboxylic acids is 1. The van der Waals surface area contributed by atoms with Crippen molar-refractivity contribution in [3.63, 3.8) is 0 Å². The van der Waals surface area contributed by atoms with Crippen molar-refractivity contribution in [3.05, 3.63) is 29.8 Å². The van der Waals surface area contributed by atoms with Gasteiger partial charge in [-0.1, -0.05) is 25.1 Å². The van der Waals surface area contributed by atoms with Crippen LogP contribution in [0.3, 0.4) is 0 Å². The van der Waals surface area contributed by atoms with E-state index in [0.717, 1.165) is 18.5 Å². The zero-order valence-corrected chi connectivity index (χ0v) is 12.5. The van der Waals surface area contributed by atoms with E-state index in [1.165, 1.54) is 5.56 Å². The molecule has 1 atom stereocenters. The van der Waals surface area contributed by atoms with Crippen molar-refractivity contribution in [2.24, 2.45) is 5.92 Å². The van der Waals surface area contributed by atoms with Crippen LogP contribution in [0.25, 0.3) is 0 Å². The zero-order valence-electron chi connectivity index (χ0n) is 12.5. The maximum absolute atomic E-state index is 11.9. The molecule has 20 heavy (non-hydrogen) atoms. The minimum absolute atomic E-state index is 0.242. The van der Waals surface area contributed by atoms with Crippen molar-refractivity contribution < 1.29 is 9.90 Å². The summed E-state index contributed by atoms with van der Waals surface area (Å²) in [5, 5.41) is 13.0. The Kier molecular flexibility index (Phi) is 4.33. The van der Waals surface area contributed by atoms with Gasteiger partial charge in [0.2, 0.25) is 0 Å². The monoisotopic (exact) mass is 276 g/mol. The summed E-state index contributed by atoms with van der Waals surface area (Å²) in [5.41, 5.74) is 1.43. The molecule has 1 aliphatic carbocycles. The Hall–Kier alpha value is -1.55. The first-order valence-electron chi connectivity index (χ1n) is 7.26. The molecule has 0 aromatic heterocycles. The Morgan fingerprint density at radius 2 is 2.10 bits per heavy atom. The maximum Gasteiger partial charge on any atom is 0.326 e. The summed E-state index contributed by atoms with van der Waals surface area (Å²) in [6.45, 7) is 5.18. The minimum atomic E-state index is -0.828. The lowest BCUT2D eigenvalue weighted by molar-refractivity contribution is -0.145. The predicted molar refractivity (Wildman–Crippen MR) is 81.2 cm³/mol. The molecule has 0 saturated heterocycles. The van der Waals surface area contributed by atoms with E-state index >= 15 is 0 Å². The SMILES string of the molecule is CCNC(CN(C)c1ccccc1C)(C(=O)O)C1CC1. The smallest absolute Gasteiger partial charge is 0.326 e. The van der Waals surface area contributed by atoms with Crippen LogP contribution < -0.4 is 10.2 Å². The van der Waals surface area contributed by atoms with Gasteiger partial charge in [0.1, 0.15) is 5.54 Å². The summed E-state index contributed by atoms with van der Waals surface area (Å²) in [6, 6.07) is 8.09. The van der Waals surface area contributed by atoms with Crippen LogP contribution in [-0.4, -0.2) is 36.8 Å². The molecule has 1 aromatic carbocycles. The molecule has 110 valence electrons. The highest BCUT2D eigenvalue weighted by Gasteiger charge is 2.51. The number of anilines is 1. The summed E-state index contributed by atoms with van der Waals surface area (Å²) in [4.78, 5) is 13.9. The number of benzene rings is 1. The molecule has 0 radical (unpaired) electrons. The largest absolute Gasteiger partial charge is 0.480 e. The third-order valence-corrected chi connectivity index (χ3v) is 4.16. The Morgan fingerprint density at radius 1 is 1.45 bits per heavy atom. The van der Waals surface area contributed by atoms with Gasteiger partial charge in [0.05, 0.1) is 0 Å². The molecule has 0 aliphatic heterocycles. The second-order valence-corrected chi connectivity index (χ2v) is 5.72. The van der Waals surface area contributed by atoms with Crippen LogP contribution in [0.15, 0.2) is 24.3 Å². The van der Waals surface area contributed by atoms with E-state index in [-0.39, 0.29) is 5.92 Å². The van der Waals surface area contributed by atoms with Gasteiger partial charge in [-0.3, -0.25) is 4.79 Å². The summed E-state index contributed by atoms with van der Waals surface area (Å²) < 4.78 is 0. The van der Waals surface area contributed by atoms with E-state index in [1.807, 2.05) is 32.2 Å². The van der Waals surface area contributed by atoms with E-state index in [4.69, 9.17) is 0 Å². The predicted octanol–water partition coefficient (Wildman–Crippen LogP) is 2.27. The highest BCUT2D eigenvalue weighted by molar-refractivity contribution is 5.81. The average molecular weight is 276 g/mol. The number of aryl methyl sites for hydroxylation is 1. The number of nitrogens with one attached hydrogen (secondary N) is 1. The summed E-state index contributed by atoms with van der Waals surface area (Å²) in [5.74, 6) is -0.492. The van der Waals surface area contributed by atoms with E-state index in [1.54, 1.807) is 0 Å². The van der Waals surface area contributed by atoms with Gasteiger partial charge < -0.3 is 15.3 Å². The fourth-order valence-corrected chi connectivity index (χ4v) is 2.99. The van der Waals surface area contributed by atoms with Crippen molar-refractivity contribution in [2.75, 3.05) is 25.0 Å². The molecule has 4 nitrogen and oxygen atoms in total. The number of hydrogen-bond acceptors (Lipinski definition) is 3. The fraction of sp³-hybridized carbons (Fsp3) is 0.562. The molecule has 1 aromatic rings. The Morgan fingerprint density at radius 3 is 2.60 bits per heavy atom. The Balaban J connectivity index is 2.23. The highest BCUT2D eigenvalue weighted by Crippen LogP contribution is 2.41. The maximum atomic E-state index is 11.9. The lowest BCUT2D eigenvalue weighted by Gasteiger charge is -2.36. The number of para-hydroxylation sites is 1. The first kappa shape index (κ1) is 14.9. The van der Waals surface area contributed by atoms with Crippen LogP contribution in [0.5, 0.6) is 0 Å². The van der Waals surface area contributed by atoms with Gasteiger partial charge in [0, 0.05) is 19.3 Å². The van der Waals surface area contributed by atoms with E-state index in [2.05, 4.69) is 23.2 Å². The van der Waals surface area contributed by atoms with Crippen molar-refractivity contribution in [2.45, 2.75) is 32.2 Å². The minimum Gasteiger partial charge on any atom is -0.480 e. The number of carbonyl (C=O) groups is 1. The fourth-order valence-electron chi connectivity index (χ4n) is 2.99. The molecule has 2 rings (SSSR count). The lowest BCUT2D eigenvalue weighted by atomic mass is 9.92. The first-order chi connectivity index (χ1) is 9.51. The average Bonchev–Trinajstić information content (AvgIpc) is 3.22. The van der Waals surface area contributed by atoms with Crippen molar-refractivity contribution in [1.29, 1.82) is 0 Å². The highest BCUT2D eigenvalue weighted by atomic mass is 16.4. The van der Waals surface area contributed by atoms with Crippen molar-refractivity contribution in [3.8, 4) is 0 Å². The number of rotatable bonds is 7. The van der Waals surface area contributed by atoms with Crippen LogP contribution in [0, 0.1) is 12.8 Å². The third-order valence-electron chi connectivity index (χ3n) is 4.16. The molecule has 2 N–H and O–H groups in total. The van der Waals surface area contributed by atoms with Gasteiger partial charge >= 0.3 is 5.97 Å².